The van der Waals surface area contributed by atoms with Crippen LogP contribution in [0.4, 0.5) is 0 Å². The van der Waals surface area contributed by atoms with Gasteiger partial charge in [-0.05, 0) is 17.7 Å². The molecule has 0 atom stereocenters. The standard InChI is InChI=1S/C17H15N3O/c1-2-17(21)16-9-8-15(11-18-16)20-12-14(10-19-20)13-6-4-3-5-7-13/h3-12H,2H2,1H3. The number of aromatic nitrogens is 3. The fraction of sp³-hybridized carbons (Fsp3) is 0.118. The maximum absolute atomic E-state index is 11.6. The molecule has 0 aliphatic heterocycles. The van der Waals surface area contributed by atoms with Crippen molar-refractivity contribution in [2.45, 2.75) is 13.3 Å². The molecule has 0 fully saturated rings. The van der Waals surface area contributed by atoms with Crippen molar-refractivity contribution in [3.05, 3.63) is 66.7 Å². The van der Waals surface area contributed by atoms with Gasteiger partial charge in [-0.15, -0.1) is 0 Å². The lowest BCUT2D eigenvalue weighted by Crippen LogP contribution is -2.02. The Balaban J connectivity index is 1.88. The number of benzene rings is 1. The minimum Gasteiger partial charge on any atom is -0.292 e. The van der Waals surface area contributed by atoms with Crippen molar-refractivity contribution in [3.8, 4) is 16.8 Å². The van der Waals surface area contributed by atoms with Gasteiger partial charge in [-0.2, -0.15) is 5.10 Å². The second-order valence-electron chi connectivity index (χ2n) is 4.72. The van der Waals surface area contributed by atoms with Crippen LogP contribution in [0.5, 0.6) is 0 Å². The molecule has 0 unspecified atom stereocenters. The van der Waals surface area contributed by atoms with E-state index in [-0.39, 0.29) is 5.78 Å². The Bertz CT molecular complexity index is 745. The molecule has 0 spiro atoms. The van der Waals surface area contributed by atoms with Gasteiger partial charge in [-0.3, -0.25) is 9.78 Å². The van der Waals surface area contributed by atoms with Crippen molar-refractivity contribution >= 4 is 5.78 Å². The second kappa shape index (κ2) is 5.71. The quantitative estimate of drug-likeness (QED) is 0.685. The summed E-state index contributed by atoms with van der Waals surface area (Å²) in [5.41, 5.74) is 3.50. The maximum atomic E-state index is 11.6. The summed E-state index contributed by atoms with van der Waals surface area (Å²) >= 11 is 0. The molecule has 3 rings (SSSR count). The van der Waals surface area contributed by atoms with E-state index in [1.807, 2.05) is 55.7 Å². The summed E-state index contributed by atoms with van der Waals surface area (Å²) in [6, 6.07) is 13.7. The first kappa shape index (κ1) is 13.2. The lowest BCUT2D eigenvalue weighted by atomic mass is 10.1. The summed E-state index contributed by atoms with van der Waals surface area (Å²) in [5, 5.41) is 4.35. The third-order valence-electron chi connectivity index (χ3n) is 3.31. The Morgan fingerprint density at radius 3 is 2.52 bits per heavy atom. The van der Waals surface area contributed by atoms with Gasteiger partial charge in [-0.1, -0.05) is 37.3 Å². The summed E-state index contributed by atoms with van der Waals surface area (Å²) in [5.74, 6) is 0.0481. The Morgan fingerprint density at radius 1 is 1.05 bits per heavy atom. The molecule has 104 valence electrons. The van der Waals surface area contributed by atoms with Crippen molar-refractivity contribution in [2.75, 3.05) is 0 Å². The van der Waals surface area contributed by atoms with Crippen LogP contribution in [0.15, 0.2) is 61.1 Å². The highest BCUT2D eigenvalue weighted by Gasteiger charge is 2.06. The number of carbonyl (C=O) groups is 1. The van der Waals surface area contributed by atoms with E-state index >= 15 is 0 Å². The topological polar surface area (TPSA) is 47.8 Å². The van der Waals surface area contributed by atoms with Crippen molar-refractivity contribution in [3.63, 3.8) is 0 Å². The zero-order valence-corrected chi connectivity index (χ0v) is 11.7. The molecule has 0 N–H and O–H groups in total. The largest absolute Gasteiger partial charge is 0.292 e. The van der Waals surface area contributed by atoms with Crippen LogP contribution < -0.4 is 0 Å². The third kappa shape index (κ3) is 2.74. The van der Waals surface area contributed by atoms with E-state index in [4.69, 9.17) is 0 Å². The molecule has 0 saturated heterocycles. The van der Waals surface area contributed by atoms with Crippen LogP contribution in [-0.4, -0.2) is 20.5 Å². The van der Waals surface area contributed by atoms with Gasteiger partial charge in [0.05, 0.1) is 18.1 Å². The average Bonchev–Trinajstić information content (AvgIpc) is 3.05. The summed E-state index contributed by atoms with van der Waals surface area (Å²) < 4.78 is 1.76. The Kier molecular flexibility index (Phi) is 3.60. The van der Waals surface area contributed by atoms with Crippen LogP contribution in [0.25, 0.3) is 16.8 Å². The molecule has 0 aliphatic rings. The highest BCUT2D eigenvalue weighted by Crippen LogP contribution is 2.19. The number of carbonyl (C=O) groups excluding carboxylic acids is 1. The van der Waals surface area contributed by atoms with Crippen molar-refractivity contribution in [2.24, 2.45) is 0 Å². The Hall–Kier alpha value is -2.75. The van der Waals surface area contributed by atoms with Gasteiger partial charge in [0, 0.05) is 18.2 Å². The molecule has 0 aliphatic carbocycles. The molecule has 4 heteroatoms. The fourth-order valence-electron chi connectivity index (χ4n) is 2.11. The van der Waals surface area contributed by atoms with Gasteiger partial charge >= 0.3 is 0 Å². The van der Waals surface area contributed by atoms with Gasteiger partial charge in [-0.25, -0.2) is 4.68 Å². The molecule has 4 nitrogen and oxygen atoms in total. The van der Waals surface area contributed by atoms with Crippen LogP contribution >= 0.6 is 0 Å². The summed E-state index contributed by atoms with van der Waals surface area (Å²) in [6.45, 7) is 1.83. The molecule has 21 heavy (non-hydrogen) atoms. The number of hydrogen-bond donors (Lipinski definition) is 0. The van der Waals surface area contributed by atoms with Gasteiger partial charge in [0.15, 0.2) is 5.78 Å². The molecule has 0 amide bonds. The average molecular weight is 277 g/mol. The molecule has 0 saturated carbocycles. The number of Topliss-reactive ketones (excluding diaryl/α,β-unsaturated/α-hetero) is 1. The van der Waals surface area contributed by atoms with Gasteiger partial charge in [0.2, 0.25) is 0 Å². The highest BCUT2D eigenvalue weighted by molar-refractivity contribution is 5.94. The van der Waals surface area contributed by atoms with Crippen molar-refractivity contribution in [1.29, 1.82) is 0 Å². The Labute approximate surface area is 123 Å². The molecular weight excluding hydrogens is 262 g/mol. The smallest absolute Gasteiger partial charge is 0.180 e. The number of pyridine rings is 1. The first-order valence-corrected chi connectivity index (χ1v) is 6.87. The molecule has 2 aromatic heterocycles. The normalized spacial score (nSPS) is 10.5. The number of nitrogens with zero attached hydrogens (tertiary/aromatic N) is 3. The lowest BCUT2D eigenvalue weighted by Gasteiger charge is -2.02. The molecule has 3 aromatic rings. The molecule has 0 bridgehead atoms. The molecule has 1 aromatic carbocycles. The number of rotatable bonds is 4. The van der Waals surface area contributed by atoms with Crippen LogP contribution in [0, 0.1) is 0 Å². The lowest BCUT2D eigenvalue weighted by molar-refractivity contribution is 0.0983. The zero-order valence-electron chi connectivity index (χ0n) is 11.7. The molecule has 2 heterocycles. The summed E-state index contributed by atoms with van der Waals surface area (Å²) in [6.07, 6.45) is 5.91. The number of ketones is 1. The minimum absolute atomic E-state index is 0.0481. The Morgan fingerprint density at radius 2 is 1.86 bits per heavy atom. The van der Waals surface area contributed by atoms with E-state index in [0.717, 1.165) is 16.8 Å². The van der Waals surface area contributed by atoms with E-state index in [1.165, 1.54) is 0 Å². The number of hydrogen-bond acceptors (Lipinski definition) is 3. The van der Waals surface area contributed by atoms with Gasteiger partial charge in [0.25, 0.3) is 0 Å². The van der Waals surface area contributed by atoms with Crippen LogP contribution in [0.3, 0.4) is 0 Å². The summed E-state index contributed by atoms with van der Waals surface area (Å²) in [7, 11) is 0. The van der Waals surface area contributed by atoms with Gasteiger partial charge in [0.1, 0.15) is 5.69 Å². The minimum atomic E-state index is 0.0481. The van der Waals surface area contributed by atoms with Crippen LogP contribution in [0.2, 0.25) is 0 Å². The first-order valence-electron chi connectivity index (χ1n) is 6.87. The SMILES string of the molecule is CCC(=O)c1ccc(-n2cc(-c3ccccc3)cn2)cn1. The molecular formula is C17H15N3O. The van der Waals surface area contributed by atoms with Crippen LogP contribution in [-0.2, 0) is 0 Å². The zero-order chi connectivity index (χ0) is 14.7. The van der Waals surface area contributed by atoms with E-state index in [1.54, 1.807) is 16.9 Å². The summed E-state index contributed by atoms with van der Waals surface area (Å²) in [4.78, 5) is 15.8. The second-order valence-corrected chi connectivity index (χ2v) is 4.72. The molecule has 0 radical (unpaired) electrons. The predicted molar refractivity (Wildman–Crippen MR) is 81.4 cm³/mol. The van der Waals surface area contributed by atoms with E-state index in [2.05, 4.69) is 10.1 Å². The fourth-order valence-corrected chi connectivity index (χ4v) is 2.11. The third-order valence-corrected chi connectivity index (χ3v) is 3.31. The first-order chi connectivity index (χ1) is 10.3. The van der Waals surface area contributed by atoms with E-state index in [0.29, 0.717) is 12.1 Å². The monoisotopic (exact) mass is 277 g/mol. The van der Waals surface area contributed by atoms with Crippen molar-refractivity contribution < 1.29 is 4.79 Å². The van der Waals surface area contributed by atoms with E-state index in [9.17, 15) is 4.79 Å². The van der Waals surface area contributed by atoms with Crippen LogP contribution in [0.1, 0.15) is 23.8 Å². The van der Waals surface area contributed by atoms with Crippen molar-refractivity contribution in [1.82, 2.24) is 14.8 Å². The predicted octanol–water partition coefficient (Wildman–Crippen LogP) is 3.53. The maximum Gasteiger partial charge on any atom is 0.180 e. The van der Waals surface area contributed by atoms with E-state index < -0.39 is 0 Å². The highest BCUT2D eigenvalue weighted by atomic mass is 16.1. The van der Waals surface area contributed by atoms with Gasteiger partial charge < -0.3 is 0 Å².